The van der Waals surface area contributed by atoms with Gasteiger partial charge in [-0.2, -0.15) is 0 Å². The largest absolute Gasteiger partial charge is 0.371 e. The van der Waals surface area contributed by atoms with E-state index in [1.165, 1.54) is 42.8 Å². The van der Waals surface area contributed by atoms with E-state index in [0.717, 1.165) is 18.8 Å². The fraction of sp³-hybridized carbons (Fsp3) is 0.769. The molecule has 2 aliphatic carbocycles. The summed E-state index contributed by atoms with van der Waals surface area (Å²) in [4.78, 5) is 4.83. The highest BCUT2D eigenvalue weighted by molar-refractivity contribution is 7.09. The number of ether oxygens (including phenoxy) is 1. The molecule has 2 aliphatic rings. The first-order chi connectivity index (χ1) is 7.84. The molecule has 0 N–H and O–H groups in total. The zero-order valence-corrected chi connectivity index (χ0v) is 10.7. The zero-order valence-electron chi connectivity index (χ0n) is 9.87. The van der Waals surface area contributed by atoms with Gasteiger partial charge in [-0.25, -0.2) is 4.98 Å². The van der Waals surface area contributed by atoms with E-state index in [-0.39, 0.29) is 5.60 Å². The van der Waals surface area contributed by atoms with Crippen molar-refractivity contribution < 1.29 is 4.74 Å². The fourth-order valence-electron chi connectivity index (χ4n) is 2.69. The minimum Gasteiger partial charge on any atom is -0.371 e. The topological polar surface area (TPSA) is 22.1 Å². The third-order valence-electron chi connectivity index (χ3n) is 3.96. The number of rotatable bonds is 3. The molecule has 1 aromatic heterocycles. The summed E-state index contributed by atoms with van der Waals surface area (Å²) in [5, 5.41) is 3.49. The van der Waals surface area contributed by atoms with Crippen molar-refractivity contribution in [3.05, 3.63) is 16.1 Å². The van der Waals surface area contributed by atoms with Crippen LogP contribution in [0.4, 0.5) is 0 Å². The lowest BCUT2D eigenvalue weighted by atomic mass is 9.85. The number of nitrogens with zero attached hydrogens (tertiary/aromatic N) is 1. The fourth-order valence-corrected chi connectivity index (χ4v) is 3.83. The van der Waals surface area contributed by atoms with E-state index < -0.39 is 0 Å². The molecule has 3 heteroatoms. The van der Waals surface area contributed by atoms with E-state index in [9.17, 15) is 0 Å². The van der Waals surface area contributed by atoms with E-state index in [2.05, 4.69) is 5.38 Å². The Kier molecular flexibility index (Phi) is 2.76. The SMILES string of the molecule is COC1(c2nc(C3CC3)cs2)CCCCC1. The van der Waals surface area contributed by atoms with Crippen LogP contribution in [0.25, 0.3) is 0 Å². The summed E-state index contributed by atoms with van der Waals surface area (Å²) in [6.45, 7) is 0. The van der Waals surface area contributed by atoms with Crippen molar-refractivity contribution in [1.29, 1.82) is 0 Å². The van der Waals surface area contributed by atoms with Crippen LogP contribution in [0.1, 0.15) is 61.6 Å². The van der Waals surface area contributed by atoms with Gasteiger partial charge in [0.1, 0.15) is 10.6 Å². The molecule has 0 bridgehead atoms. The third-order valence-corrected chi connectivity index (χ3v) is 5.01. The smallest absolute Gasteiger partial charge is 0.125 e. The molecule has 0 unspecified atom stereocenters. The predicted molar refractivity (Wildman–Crippen MR) is 65.9 cm³/mol. The van der Waals surface area contributed by atoms with Crippen molar-refractivity contribution in [3.63, 3.8) is 0 Å². The maximum absolute atomic E-state index is 5.83. The van der Waals surface area contributed by atoms with Gasteiger partial charge in [0.05, 0.1) is 5.69 Å². The first-order valence-corrected chi connectivity index (χ1v) is 7.23. The summed E-state index contributed by atoms with van der Waals surface area (Å²) < 4.78 is 5.83. The van der Waals surface area contributed by atoms with Gasteiger partial charge in [-0.15, -0.1) is 11.3 Å². The maximum atomic E-state index is 5.83. The van der Waals surface area contributed by atoms with Gasteiger partial charge in [-0.3, -0.25) is 0 Å². The number of methoxy groups -OCH3 is 1. The molecule has 0 radical (unpaired) electrons. The second-order valence-corrected chi connectivity index (χ2v) is 5.97. The molecule has 1 heterocycles. The summed E-state index contributed by atoms with van der Waals surface area (Å²) in [6.07, 6.45) is 8.90. The monoisotopic (exact) mass is 237 g/mol. The first-order valence-electron chi connectivity index (χ1n) is 6.35. The molecule has 0 amide bonds. The Bertz CT molecular complexity index is 364. The summed E-state index contributed by atoms with van der Waals surface area (Å²) in [5.74, 6) is 0.766. The highest BCUT2D eigenvalue weighted by Crippen LogP contribution is 2.45. The molecule has 0 aliphatic heterocycles. The molecule has 16 heavy (non-hydrogen) atoms. The molecule has 2 nitrogen and oxygen atoms in total. The van der Waals surface area contributed by atoms with Crippen LogP contribution in [0.5, 0.6) is 0 Å². The molecule has 0 saturated heterocycles. The van der Waals surface area contributed by atoms with Gasteiger partial charge in [0, 0.05) is 18.4 Å². The van der Waals surface area contributed by atoms with Crippen LogP contribution in [-0.4, -0.2) is 12.1 Å². The third kappa shape index (κ3) is 1.80. The quantitative estimate of drug-likeness (QED) is 0.797. The first kappa shape index (κ1) is 10.7. The lowest BCUT2D eigenvalue weighted by Gasteiger charge is -2.34. The molecule has 1 aromatic rings. The van der Waals surface area contributed by atoms with E-state index in [1.54, 1.807) is 0 Å². The van der Waals surface area contributed by atoms with Gasteiger partial charge >= 0.3 is 0 Å². The van der Waals surface area contributed by atoms with Crippen LogP contribution in [0.2, 0.25) is 0 Å². The average molecular weight is 237 g/mol. The Labute approximate surface area is 101 Å². The minimum atomic E-state index is -0.0456. The second kappa shape index (κ2) is 4.11. The van der Waals surface area contributed by atoms with Crippen LogP contribution >= 0.6 is 11.3 Å². The summed E-state index contributed by atoms with van der Waals surface area (Å²) in [5.41, 5.74) is 1.28. The van der Waals surface area contributed by atoms with Crippen molar-refractivity contribution in [2.75, 3.05) is 7.11 Å². The summed E-state index contributed by atoms with van der Waals surface area (Å²) in [6, 6.07) is 0. The van der Waals surface area contributed by atoms with Crippen molar-refractivity contribution in [2.24, 2.45) is 0 Å². The molecular formula is C13H19NOS. The van der Waals surface area contributed by atoms with Gasteiger partial charge in [-0.05, 0) is 25.7 Å². The Hall–Kier alpha value is -0.410. The summed E-state index contributed by atoms with van der Waals surface area (Å²) >= 11 is 1.81. The highest BCUT2D eigenvalue weighted by atomic mass is 32.1. The Morgan fingerprint density at radius 1 is 1.31 bits per heavy atom. The number of hydrogen-bond donors (Lipinski definition) is 0. The van der Waals surface area contributed by atoms with Crippen LogP contribution in [0.15, 0.2) is 5.38 Å². The van der Waals surface area contributed by atoms with Crippen LogP contribution < -0.4 is 0 Å². The van der Waals surface area contributed by atoms with Gasteiger partial charge in [0.2, 0.25) is 0 Å². The highest BCUT2D eigenvalue weighted by Gasteiger charge is 2.37. The average Bonchev–Trinajstić information content (AvgIpc) is 3.08. The van der Waals surface area contributed by atoms with E-state index in [1.807, 2.05) is 18.4 Å². The zero-order chi connectivity index (χ0) is 11.0. The van der Waals surface area contributed by atoms with Gasteiger partial charge in [0.15, 0.2) is 0 Å². The molecule has 3 rings (SSSR count). The lowest BCUT2D eigenvalue weighted by molar-refractivity contribution is -0.0447. The second-order valence-electron chi connectivity index (χ2n) is 5.11. The molecule has 88 valence electrons. The molecule has 0 aromatic carbocycles. The van der Waals surface area contributed by atoms with Gasteiger partial charge in [0.25, 0.3) is 0 Å². The molecule has 0 spiro atoms. The normalized spacial score (nSPS) is 24.6. The summed E-state index contributed by atoms with van der Waals surface area (Å²) in [7, 11) is 1.85. The Morgan fingerprint density at radius 3 is 2.69 bits per heavy atom. The van der Waals surface area contributed by atoms with Crippen molar-refractivity contribution in [1.82, 2.24) is 4.98 Å². The number of hydrogen-bond acceptors (Lipinski definition) is 3. The van der Waals surface area contributed by atoms with Crippen LogP contribution in [-0.2, 0) is 10.3 Å². The Morgan fingerprint density at radius 2 is 2.06 bits per heavy atom. The number of aromatic nitrogens is 1. The van der Waals surface area contributed by atoms with Crippen LogP contribution in [0.3, 0.4) is 0 Å². The van der Waals surface area contributed by atoms with E-state index >= 15 is 0 Å². The maximum Gasteiger partial charge on any atom is 0.125 e. The standard InChI is InChI=1S/C13H19NOS/c1-15-13(7-3-2-4-8-13)12-14-11(9-16-12)10-5-6-10/h9-10H,2-8H2,1H3. The van der Waals surface area contributed by atoms with Crippen LogP contribution in [0, 0.1) is 0 Å². The minimum absolute atomic E-state index is 0.0456. The Balaban J connectivity index is 1.86. The molecule has 0 atom stereocenters. The molecular weight excluding hydrogens is 218 g/mol. The van der Waals surface area contributed by atoms with Crippen molar-refractivity contribution >= 4 is 11.3 Å². The van der Waals surface area contributed by atoms with E-state index in [0.29, 0.717) is 0 Å². The van der Waals surface area contributed by atoms with Crippen molar-refractivity contribution in [2.45, 2.75) is 56.5 Å². The number of thiazole rings is 1. The van der Waals surface area contributed by atoms with Gasteiger partial charge < -0.3 is 4.74 Å². The molecule has 2 fully saturated rings. The van der Waals surface area contributed by atoms with E-state index in [4.69, 9.17) is 9.72 Å². The van der Waals surface area contributed by atoms with Crippen molar-refractivity contribution in [3.8, 4) is 0 Å². The van der Waals surface area contributed by atoms with Gasteiger partial charge in [-0.1, -0.05) is 19.3 Å². The predicted octanol–water partition coefficient (Wildman–Crippen LogP) is 3.83. The molecule has 2 saturated carbocycles. The lowest BCUT2D eigenvalue weighted by Crippen LogP contribution is -2.30.